The third kappa shape index (κ3) is 5.61. The lowest BCUT2D eigenvalue weighted by molar-refractivity contribution is -0.115. The fourth-order valence-electron chi connectivity index (χ4n) is 4.35. The normalized spacial score (nSPS) is 11.9. The van der Waals surface area contributed by atoms with E-state index in [1.54, 1.807) is 24.3 Å². The number of aromatic nitrogens is 4. The van der Waals surface area contributed by atoms with E-state index in [0.717, 1.165) is 27.4 Å². The Morgan fingerprint density at radius 3 is 2.31 bits per heavy atom. The number of nitrogens with one attached hydrogen (secondary N) is 1. The molecule has 1 amide bonds. The molecule has 39 heavy (non-hydrogen) atoms. The number of benzene rings is 3. The summed E-state index contributed by atoms with van der Waals surface area (Å²) in [6.45, 7) is 5.55. The zero-order valence-corrected chi connectivity index (χ0v) is 22.9. The van der Waals surface area contributed by atoms with Gasteiger partial charge < -0.3 is 5.32 Å². The van der Waals surface area contributed by atoms with Gasteiger partial charge in [-0.3, -0.25) is 9.59 Å². The molecule has 196 valence electrons. The molecule has 0 bridgehead atoms. The van der Waals surface area contributed by atoms with Crippen LogP contribution in [0.2, 0.25) is 0 Å². The number of Topliss-reactive ketones (excluding diaryl/α,β-unsaturated/α-hetero) is 1. The Hall–Kier alpha value is -4.30. The number of nitrogens with zero attached hydrogens (tertiary/aromatic N) is 4. The Labute approximate surface area is 231 Å². The maximum absolute atomic E-state index is 13.4. The molecule has 0 aliphatic rings. The number of hydrogen-bond acceptors (Lipinski definition) is 6. The molecule has 2 aromatic heterocycles. The number of thioether (sulfide) groups is 1. The first kappa shape index (κ1) is 26.3. The number of anilines is 1. The van der Waals surface area contributed by atoms with Crippen LogP contribution >= 0.6 is 11.8 Å². The molecule has 5 aromatic rings. The molecule has 1 atom stereocenters. The lowest BCUT2D eigenvalue weighted by Crippen LogP contribution is -2.25. The van der Waals surface area contributed by atoms with Gasteiger partial charge in [0.05, 0.1) is 22.0 Å². The quantitative estimate of drug-likeness (QED) is 0.127. The molecule has 3 aromatic carbocycles. The van der Waals surface area contributed by atoms with E-state index >= 15 is 0 Å². The first-order chi connectivity index (χ1) is 19.0. The van der Waals surface area contributed by atoms with E-state index in [9.17, 15) is 9.59 Å². The van der Waals surface area contributed by atoms with Crippen molar-refractivity contribution in [3.05, 3.63) is 96.2 Å². The number of amides is 1. The number of carbonyl (C=O) groups is 2. The largest absolute Gasteiger partial charge is 0.325 e. The Morgan fingerprint density at radius 1 is 0.923 bits per heavy atom. The van der Waals surface area contributed by atoms with Crippen LogP contribution in [0.25, 0.3) is 28.1 Å². The Kier molecular flexibility index (Phi) is 7.84. The summed E-state index contributed by atoms with van der Waals surface area (Å²) in [5.74, 6) is 0.381. The Morgan fingerprint density at radius 2 is 1.64 bits per heavy atom. The first-order valence-corrected chi connectivity index (χ1v) is 13.9. The third-order valence-corrected chi connectivity index (χ3v) is 7.74. The molecule has 0 aliphatic carbocycles. The molecular formula is C31H29N5O2S. The highest BCUT2D eigenvalue weighted by Crippen LogP contribution is 2.35. The van der Waals surface area contributed by atoms with Crippen LogP contribution in [-0.2, 0) is 11.2 Å². The number of carbonyl (C=O) groups excluding carboxylic acids is 2. The van der Waals surface area contributed by atoms with Gasteiger partial charge in [0, 0.05) is 16.8 Å². The lowest BCUT2D eigenvalue weighted by Gasteiger charge is -2.16. The zero-order valence-electron chi connectivity index (χ0n) is 22.1. The van der Waals surface area contributed by atoms with E-state index in [1.165, 1.54) is 18.7 Å². The van der Waals surface area contributed by atoms with Gasteiger partial charge in [-0.15, -0.1) is 0 Å². The van der Waals surface area contributed by atoms with E-state index in [4.69, 9.17) is 15.1 Å². The van der Waals surface area contributed by atoms with Crippen molar-refractivity contribution >= 4 is 40.2 Å². The molecule has 0 saturated heterocycles. The minimum atomic E-state index is -0.419. The molecule has 0 unspecified atom stereocenters. The van der Waals surface area contributed by atoms with E-state index < -0.39 is 5.25 Å². The topological polar surface area (TPSA) is 89.8 Å². The van der Waals surface area contributed by atoms with Gasteiger partial charge >= 0.3 is 0 Å². The molecule has 0 spiro atoms. The van der Waals surface area contributed by atoms with Gasteiger partial charge in [-0.2, -0.15) is 5.10 Å². The second-order valence-corrected chi connectivity index (χ2v) is 10.3. The van der Waals surface area contributed by atoms with Crippen LogP contribution in [-0.4, -0.2) is 36.7 Å². The summed E-state index contributed by atoms with van der Waals surface area (Å²) in [4.78, 5) is 35.2. The summed E-state index contributed by atoms with van der Waals surface area (Å²) in [7, 11) is 0. The van der Waals surface area contributed by atoms with Crippen molar-refractivity contribution in [2.24, 2.45) is 0 Å². The van der Waals surface area contributed by atoms with Gasteiger partial charge in [0.2, 0.25) is 5.91 Å². The van der Waals surface area contributed by atoms with Crippen molar-refractivity contribution in [1.29, 1.82) is 0 Å². The average molecular weight is 536 g/mol. The van der Waals surface area contributed by atoms with E-state index in [0.29, 0.717) is 35.6 Å². The van der Waals surface area contributed by atoms with Gasteiger partial charge in [0.25, 0.3) is 0 Å². The minimum Gasteiger partial charge on any atom is -0.325 e. The highest BCUT2D eigenvalue weighted by atomic mass is 32.2. The van der Waals surface area contributed by atoms with Crippen molar-refractivity contribution in [3.8, 4) is 17.1 Å². The second kappa shape index (κ2) is 11.6. The van der Waals surface area contributed by atoms with Crippen molar-refractivity contribution in [1.82, 2.24) is 19.7 Å². The molecule has 0 saturated carbocycles. The standard InChI is InChI=1S/C31H29N5O2S/c1-4-25-27-29(36(35-25)24-17-10-7-11-18-24)33-28(21-13-8-6-9-14-21)34-31(27)39-26(5-2)30(38)32-23-16-12-15-22(19-23)20(3)37/h6-19,26H,4-5H2,1-3H3,(H,32,38)/t26-/m0/s1. The van der Waals surface area contributed by atoms with Crippen LogP contribution in [0.4, 0.5) is 5.69 Å². The second-order valence-electron chi connectivity index (χ2n) is 9.11. The summed E-state index contributed by atoms with van der Waals surface area (Å²) in [6.07, 6.45) is 1.28. The minimum absolute atomic E-state index is 0.0492. The average Bonchev–Trinajstić information content (AvgIpc) is 3.35. The molecule has 0 fully saturated rings. The molecule has 5 rings (SSSR count). The Balaban J connectivity index is 1.59. The van der Waals surface area contributed by atoms with Crippen molar-refractivity contribution in [2.75, 3.05) is 5.32 Å². The number of fused-ring (bicyclic) bond motifs is 1. The van der Waals surface area contributed by atoms with Crippen LogP contribution in [0.5, 0.6) is 0 Å². The molecule has 1 N–H and O–H groups in total. The summed E-state index contributed by atoms with van der Waals surface area (Å²) >= 11 is 1.42. The number of hydrogen-bond donors (Lipinski definition) is 1. The predicted octanol–water partition coefficient (Wildman–Crippen LogP) is 6.76. The fraction of sp³-hybridized carbons (Fsp3) is 0.194. The highest BCUT2D eigenvalue weighted by Gasteiger charge is 2.25. The van der Waals surface area contributed by atoms with Crippen molar-refractivity contribution in [3.63, 3.8) is 0 Å². The van der Waals surface area contributed by atoms with Crippen LogP contribution in [0, 0.1) is 0 Å². The number of rotatable bonds is 9. The SMILES string of the molecule is CCc1nn(-c2ccccc2)c2nc(-c3ccccc3)nc(S[C@@H](CC)C(=O)Nc3cccc(C(C)=O)c3)c12. The number of aryl methyl sites for hydroxylation is 1. The van der Waals surface area contributed by atoms with Crippen molar-refractivity contribution in [2.45, 2.75) is 43.9 Å². The van der Waals surface area contributed by atoms with Gasteiger partial charge in [-0.1, -0.05) is 86.3 Å². The smallest absolute Gasteiger partial charge is 0.237 e. The third-order valence-electron chi connectivity index (χ3n) is 6.39. The van der Waals surface area contributed by atoms with Crippen LogP contribution < -0.4 is 5.32 Å². The maximum Gasteiger partial charge on any atom is 0.237 e. The number of ketones is 1. The van der Waals surface area contributed by atoms with Gasteiger partial charge in [-0.25, -0.2) is 14.6 Å². The summed E-state index contributed by atoms with van der Waals surface area (Å²) < 4.78 is 1.86. The molecule has 7 nitrogen and oxygen atoms in total. The zero-order chi connectivity index (χ0) is 27.4. The highest BCUT2D eigenvalue weighted by molar-refractivity contribution is 8.00. The molecule has 8 heteroatoms. The summed E-state index contributed by atoms with van der Waals surface area (Å²) in [5, 5.41) is 9.06. The van der Waals surface area contributed by atoms with Gasteiger partial charge in [0.1, 0.15) is 5.03 Å². The molecule has 2 heterocycles. The van der Waals surface area contributed by atoms with E-state index in [1.807, 2.05) is 72.3 Å². The fourth-order valence-corrected chi connectivity index (χ4v) is 5.42. The lowest BCUT2D eigenvalue weighted by atomic mass is 10.1. The summed E-state index contributed by atoms with van der Waals surface area (Å²) in [6, 6.07) is 26.7. The number of para-hydroxylation sites is 1. The predicted molar refractivity (Wildman–Crippen MR) is 156 cm³/mol. The Bertz CT molecular complexity index is 1630. The van der Waals surface area contributed by atoms with E-state index in [2.05, 4.69) is 12.2 Å². The van der Waals surface area contributed by atoms with Crippen LogP contribution in [0.3, 0.4) is 0 Å². The van der Waals surface area contributed by atoms with E-state index in [-0.39, 0.29) is 11.7 Å². The molecular weight excluding hydrogens is 506 g/mol. The first-order valence-electron chi connectivity index (χ1n) is 13.0. The molecule has 0 aliphatic heterocycles. The van der Waals surface area contributed by atoms with Gasteiger partial charge in [0.15, 0.2) is 17.3 Å². The van der Waals surface area contributed by atoms with Crippen LogP contribution in [0.15, 0.2) is 90.0 Å². The van der Waals surface area contributed by atoms with Gasteiger partial charge in [-0.05, 0) is 44.0 Å². The van der Waals surface area contributed by atoms with Crippen molar-refractivity contribution < 1.29 is 9.59 Å². The van der Waals surface area contributed by atoms with Crippen LogP contribution in [0.1, 0.15) is 43.2 Å². The molecule has 0 radical (unpaired) electrons. The monoisotopic (exact) mass is 535 g/mol. The summed E-state index contributed by atoms with van der Waals surface area (Å²) in [5.41, 5.74) is 4.53. The maximum atomic E-state index is 13.4.